The molecule has 0 bridgehead atoms. The Kier molecular flexibility index (Phi) is 3.23. The lowest BCUT2D eigenvalue weighted by Gasteiger charge is -2.03. The third-order valence-corrected chi connectivity index (χ3v) is 2.40. The summed E-state index contributed by atoms with van der Waals surface area (Å²) in [6.45, 7) is 1.89. The fourth-order valence-electron chi connectivity index (χ4n) is 1.54. The predicted molar refractivity (Wildman–Crippen MR) is 64.8 cm³/mol. The van der Waals surface area contributed by atoms with Gasteiger partial charge < -0.3 is 9.47 Å². The van der Waals surface area contributed by atoms with Crippen molar-refractivity contribution in [3.05, 3.63) is 35.5 Å². The van der Waals surface area contributed by atoms with Gasteiger partial charge in [0.15, 0.2) is 11.6 Å². The lowest BCUT2D eigenvalue weighted by molar-refractivity contribution is -0.130. The van der Waals surface area contributed by atoms with Crippen molar-refractivity contribution < 1.29 is 14.3 Å². The van der Waals surface area contributed by atoms with Gasteiger partial charge in [-0.2, -0.15) is 0 Å². The molecule has 0 unspecified atom stereocenters. The minimum absolute atomic E-state index is 0.311. The van der Waals surface area contributed by atoms with Crippen LogP contribution in [0.15, 0.2) is 35.0 Å². The van der Waals surface area contributed by atoms with Crippen LogP contribution in [0.2, 0.25) is 0 Å². The second kappa shape index (κ2) is 4.82. The molecular weight excluding hydrogens is 218 g/mol. The molecule has 0 fully saturated rings. The molecule has 17 heavy (non-hydrogen) atoms. The molecule has 1 aliphatic rings. The van der Waals surface area contributed by atoms with E-state index in [0.29, 0.717) is 23.8 Å². The van der Waals surface area contributed by atoms with E-state index < -0.39 is 5.97 Å². The fourth-order valence-corrected chi connectivity index (χ4v) is 1.54. The molecule has 4 nitrogen and oxygen atoms in total. The number of hydrogen-bond acceptors (Lipinski definition) is 4. The van der Waals surface area contributed by atoms with Gasteiger partial charge in [-0.25, -0.2) is 9.79 Å². The Hall–Kier alpha value is -2.10. The van der Waals surface area contributed by atoms with Crippen LogP contribution in [0.1, 0.15) is 18.9 Å². The number of rotatable bonds is 3. The molecule has 0 saturated carbocycles. The molecule has 1 aliphatic heterocycles. The van der Waals surface area contributed by atoms with E-state index in [-0.39, 0.29) is 0 Å². The summed E-state index contributed by atoms with van der Waals surface area (Å²) in [4.78, 5) is 15.6. The number of hydrogen-bond donors (Lipinski definition) is 0. The first-order valence-corrected chi connectivity index (χ1v) is 5.39. The van der Waals surface area contributed by atoms with Gasteiger partial charge in [0.1, 0.15) is 5.75 Å². The Morgan fingerprint density at radius 1 is 1.41 bits per heavy atom. The molecule has 1 aromatic rings. The first-order valence-electron chi connectivity index (χ1n) is 5.39. The Morgan fingerprint density at radius 3 is 2.82 bits per heavy atom. The lowest BCUT2D eigenvalue weighted by atomic mass is 10.1. The summed E-state index contributed by atoms with van der Waals surface area (Å²) < 4.78 is 10.2. The number of carbonyl (C=O) groups is 1. The molecule has 0 atom stereocenters. The summed E-state index contributed by atoms with van der Waals surface area (Å²) in [5, 5.41) is 0. The zero-order valence-corrected chi connectivity index (χ0v) is 9.77. The zero-order valence-electron chi connectivity index (χ0n) is 9.77. The topological polar surface area (TPSA) is 47.9 Å². The van der Waals surface area contributed by atoms with Gasteiger partial charge in [-0.05, 0) is 12.1 Å². The Bertz CT molecular complexity index is 503. The summed E-state index contributed by atoms with van der Waals surface area (Å²) in [6, 6.07) is 7.43. The number of benzene rings is 1. The van der Waals surface area contributed by atoms with Crippen LogP contribution in [0, 0.1) is 0 Å². The Balaban J connectivity index is 2.36. The summed E-state index contributed by atoms with van der Waals surface area (Å²) in [5.74, 6) is 0.747. The van der Waals surface area contributed by atoms with Crippen LogP contribution >= 0.6 is 0 Å². The van der Waals surface area contributed by atoms with Gasteiger partial charge in [0, 0.05) is 12.0 Å². The van der Waals surface area contributed by atoms with Gasteiger partial charge >= 0.3 is 5.97 Å². The van der Waals surface area contributed by atoms with Crippen molar-refractivity contribution in [3.8, 4) is 5.75 Å². The number of methoxy groups -OCH3 is 1. The molecule has 1 heterocycles. The number of nitrogens with zero attached hydrogens (tertiary/aromatic N) is 1. The standard InChI is InChI=1S/C13H13NO3/c1-3-12-14-10(13(15)17-12)8-9-6-4-5-7-11(9)16-2/h4-8H,3H2,1-2H3/b10-8+. The first kappa shape index (κ1) is 11.4. The third kappa shape index (κ3) is 2.36. The minimum atomic E-state index is -0.409. The van der Waals surface area contributed by atoms with Crippen molar-refractivity contribution in [2.45, 2.75) is 13.3 Å². The van der Waals surface area contributed by atoms with Crippen molar-refractivity contribution >= 4 is 17.9 Å². The average Bonchev–Trinajstić information content (AvgIpc) is 2.71. The summed E-state index contributed by atoms with van der Waals surface area (Å²) in [5.41, 5.74) is 1.12. The number of cyclic esters (lactones) is 1. The highest BCUT2D eigenvalue weighted by Gasteiger charge is 2.21. The molecule has 4 heteroatoms. The van der Waals surface area contributed by atoms with Crippen molar-refractivity contribution in [3.63, 3.8) is 0 Å². The minimum Gasteiger partial charge on any atom is -0.496 e. The van der Waals surface area contributed by atoms with Gasteiger partial charge in [-0.15, -0.1) is 0 Å². The monoisotopic (exact) mass is 231 g/mol. The van der Waals surface area contributed by atoms with Crippen LogP contribution in [-0.4, -0.2) is 19.0 Å². The van der Waals surface area contributed by atoms with E-state index >= 15 is 0 Å². The zero-order chi connectivity index (χ0) is 12.3. The first-order chi connectivity index (χ1) is 8.24. The van der Waals surface area contributed by atoms with Gasteiger partial charge in [0.05, 0.1) is 7.11 Å². The summed E-state index contributed by atoms with van der Waals surface area (Å²) in [6.07, 6.45) is 2.28. The van der Waals surface area contributed by atoms with E-state index in [9.17, 15) is 4.79 Å². The summed E-state index contributed by atoms with van der Waals surface area (Å²) >= 11 is 0. The van der Waals surface area contributed by atoms with E-state index in [1.54, 1.807) is 13.2 Å². The summed E-state index contributed by atoms with van der Waals surface area (Å²) in [7, 11) is 1.59. The Labute approximate surface area is 99.6 Å². The van der Waals surface area contributed by atoms with Crippen LogP contribution < -0.4 is 4.74 Å². The van der Waals surface area contributed by atoms with Crippen LogP contribution in [-0.2, 0) is 9.53 Å². The molecule has 0 aromatic heterocycles. The van der Waals surface area contributed by atoms with Gasteiger partial charge in [0.2, 0.25) is 0 Å². The fraction of sp³-hybridized carbons (Fsp3) is 0.231. The highest BCUT2D eigenvalue weighted by atomic mass is 16.6. The van der Waals surface area contributed by atoms with Crippen LogP contribution in [0.3, 0.4) is 0 Å². The molecule has 88 valence electrons. The van der Waals surface area contributed by atoms with Gasteiger partial charge in [0.25, 0.3) is 0 Å². The molecule has 0 aliphatic carbocycles. The molecule has 0 radical (unpaired) electrons. The highest BCUT2D eigenvalue weighted by Crippen LogP contribution is 2.23. The van der Waals surface area contributed by atoms with Gasteiger partial charge in [-0.3, -0.25) is 0 Å². The number of aliphatic imine (C=N–C) groups is 1. The molecule has 0 saturated heterocycles. The molecule has 0 spiro atoms. The largest absolute Gasteiger partial charge is 0.496 e. The van der Waals surface area contributed by atoms with Crippen molar-refractivity contribution in [2.24, 2.45) is 4.99 Å². The smallest absolute Gasteiger partial charge is 0.363 e. The third-order valence-electron chi connectivity index (χ3n) is 2.40. The number of ether oxygens (including phenoxy) is 2. The average molecular weight is 231 g/mol. The lowest BCUT2D eigenvalue weighted by Crippen LogP contribution is -2.02. The van der Waals surface area contributed by atoms with Crippen molar-refractivity contribution in [2.75, 3.05) is 7.11 Å². The van der Waals surface area contributed by atoms with Crippen LogP contribution in [0.4, 0.5) is 0 Å². The van der Waals surface area contributed by atoms with Crippen LogP contribution in [0.5, 0.6) is 5.75 Å². The Morgan fingerprint density at radius 2 is 2.18 bits per heavy atom. The van der Waals surface area contributed by atoms with E-state index in [1.165, 1.54) is 0 Å². The second-order valence-electron chi connectivity index (χ2n) is 3.52. The number of para-hydroxylation sites is 1. The van der Waals surface area contributed by atoms with E-state index in [4.69, 9.17) is 9.47 Å². The number of esters is 1. The molecule has 1 aromatic carbocycles. The predicted octanol–water partition coefficient (Wildman–Crippen LogP) is 2.40. The second-order valence-corrected chi connectivity index (χ2v) is 3.52. The number of carbonyl (C=O) groups excluding carboxylic acids is 1. The van der Waals surface area contributed by atoms with E-state index in [1.807, 2.05) is 31.2 Å². The normalized spacial score (nSPS) is 16.9. The van der Waals surface area contributed by atoms with Gasteiger partial charge in [-0.1, -0.05) is 25.1 Å². The molecule has 2 rings (SSSR count). The van der Waals surface area contributed by atoms with E-state index in [2.05, 4.69) is 4.99 Å². The van der Waals surface area contributed by atoms with Crippen molar-refractivity contribution in [1.82, 2.24) is 0 Å². The molecule has 0 amide bonds. The van der Waals surface area contributed by atoms with E-state index in [0.717, 1.165) is 5.56 Å². The SMILES string of the molecule is CCC1=N/C(=C/c2ccccc2OC)C(=O)O1. The molecule has 0 N–H and O–H groups in total. The maximum atomic E-state index is 11.5. The maximum Gasteiger partial charge on any atom is 0.363 e. The highest BCUT2D eigenvalue weighted by molar-refractivity contribution is 6.07. The quantitative estimate of drug-likeness (QED) is 0.592. The van der Waals surface area contributed by atoms with Crippen molar-refractivity contribution in [1.29, 1.82) is 0 Å². The van der Waals surface area contributed by atoms with Crippen LogP contribution in [0.25, 0.3) is 6.08 Å². The maximum absolute atomic E-state index is 11.5. The molecular formula is C13H13NO3.